The van der Waals surface area contributed by atoms with E-state index in [4.69, 9.17) is 23.8 Å². The number of aromatic nitrogens is 1. The Morgan fingerprint density at radius 2 is 2.16 bits per heavy atom. The predicted octanol–water partition coefficient (Wildman–Crippen LogP) is 5.83. The standard InChI is InChI=1S/C21H23ClN2S/c1-5-21(4)16(22)9-14-18(19(21)24-11-25)12-10-23-15-8-6-7-13(17(12)15)20(14,2)3/h5-8,10,14,16,18-19,23H,1,9H2,2-4H3/t14-,16+,18-,19+,21-/m0/s1. The van der Waals surface area contributed by atoms with Crippen molar-refractivity contribution in [1.29, 1.82) is 0 Å². The summed E-state index contributed by atoms with van der Waals surface area (Å²) >= 11 is 11.9. The largest absolute Gasteiger partial charge is 0.361 e. The summed E-state index contributed by atoms with van der Waals surface area (Å²) in [4.78, 5) is 8.11. The zero-order chi connectivity index (χ0) is 18.0. The zero-order valence-corrected chi connectivity index (χ0v) is 16.4. The van der Waals surface area contributed by atoms with Crippen molar-refractivity contribution in [2.75, 3.05) is 0 Å². The van der Waals surface area contributed by atoms with E-state index >= 15 is 0 Å². The van der Waals surface area contributed by atoms with Crippen molar-refractivity contribution < 1.29 is 0 Å². The highest BCUT2D eigenvalue weighted by atomic mass is 35.5. The number of fused-ring (bicyclic) bond motifs is 2. The lowest BCUT2D eigenvalue weighted by Gasteiger charge is -2.55. The quantitative estimate of drug-likeness (QED) is 0.306. The number of isothiocyanates is 1. The van der Waals surface area contributed by atoms with E-state index in [9.17, 15) is 0 Å². The smallest absolute Gasteiger partial charge is 0.0776 e. The maximum Gasteiger partial charge on any atom is 0.0776 e. The van der Waals surface area contributed by atoms with Gasteiger partial charge in [-0.15, -0.1) is 18.2 Å². The maximum atomic E-state index is 6.90. The molecule has 0 unspecified atom stereocenters. The number of nitrogens with zero attached hydrogens (tertiary/aromatic N) is 1. The molecule has 130 valence electrons. The van der Waals surface area contributed by atoms with Crippen LogP contribution in [0.3, 0.4) is 0 Å². The second-order valence-corrected chi connectivity index (χ2v) is 8.97. The number of thiocarbonyl (C=S) groups is 1. The summed E-state index contributed by atoms with van der Waals surface area (Å²) in [5.74, 6) is 0.654. The van der Waals surface area contributed by atoms with Gasteiger partial charge in [0.1, 0.15) is 0 Å². The van der Waals surface area contributed by atoms with Crippen LogP contribution in [0.1, 0.15) is 44.2 Å². The summed E-state index contributed by atoms with van der Waals surface area (Å²) in [6.07, 6.45) is 5.07. The first-order valence-electron chi connectivity index (χ1n) is 8.81. The number of rotatable bonds is 2. The predicted molar refractivity (Wildman–Crippen MR) is 109 cm³/mol. The van der Waals surface area contributed by atoms with E-state index in [-0.39, 0.29) is 28.2 Å². The van der Waals surface area contributed by atoms with Crippen molar-refractivity contribution in [2.24, 2.45) is 16.3 Å². The summed E-state index contributed by atoms with van der Waals surface area (Å²) in [5.41, 5.74) is 3.65. The Kier molecular flexibility index (Phi) is 3.77. The van der Waals surface area contributed by atoms with Gasteiger partial charge in [-0.05, 0) is 47.2 Å². The molecule has 0 spiro atoms. The Balaban J connectivity index is 2.04. The van der Waals surface area contributed by atoms with Crippen LogP contribution < -0.4 is 0 Å². The van der Waals surface area contributed by atoms with Gasteiger partial charge in [0.25, 0.3) is 0 Å². The Morgan fingerprint density at radius 1 is 1.40 bits per heavy atom. The monoisotopic (exact) mass is 370 g/mol. The highest BCUT2D eigenvalue weighted by Crippen LogP contribution is 2.60. The number of hydrogen-bond acceptors (Lipinski definition) is 2. The number of benzene rings is 1. The molecule has 1 fully saturated rings. The maximum absolute atomic E-state index is 6.90. The van der Waals surface area contributed by atoms with Crippen LogP contribution in [-0.2, 0) is 5.41 Å². The van der Waals surface area contributed by atoms with Gasteiger partial charge in [0.2, 0.25) is 0 Å². The van der Waals surface area contributed by atoms with Crippen molar-refractivity contribution in [3.8, 4) is 0 Å². The molecule has 0 aliphatic heterocycles. The molecule has 1 saturated carbocycles. The Labute approximate surface area is 159 Å². The van der Waals surface area contributed by atoms with Crippen molar-refractivity contribution in [3.05, 3.63) is 48.2 Å². The molecule has 1 N–H and O–H groups in total. The summed E-state index contributed by atoms with van der Waals surface area (Å²) in [6.45, 7) is 10.9. The van der Waals surface area contributed by atoms with Gasteiger partial charge in [0.05, 0.1) is 11.2 Å². The number of aliphatic imine (C=N–C) groups is 1. The van der Waals surface area contributed by atoms with Gasteiger partial charge in [-0.25, -0.2) is 4.99 Å². The summed E-state index contributed by atoms with van der Waals surface area (Å²) < 4.78 is 0. The second kappa shape index (κ2) is 5.54. The van der Waals surface area contributed by atoms with Crippen molar-refractivity contribution in [3.63, 3.8) is 0 Å². The fraction of sp³-hybridized carbons (Fsp3) is 0.476. The molecule has 25 heavy (non-hydrogen) atoms. The normalized spacial score (nSPS) is 35.7. The van der Waals surface area contributed by atoms with Crippen molar-refractivity contribution in [2.45, 2.75) is 49.9 Å². The zero-order valence-electron chi connectivity index (χ0n) is 14.8. The van der Waals surface area contributed by atoms with Gasteiger partial charge in [-0.2, -0.15) is 0 Å². The number of halogens is 1. The fourth-order valence-electron chi connectivity index (χ4n) is 5.28. The molecule has 1 heterocycles. The second-order valence-electron chi connectivity index (χ2n) is 8.26. The van der Waals surface area contributed by atoms with Crippen LogP contribution in [-0.4, -0.2) is 21.6 Å². The van der Waals surface area contributed by atoms with E-state index in [1.54, 1.807) is 0 Å². The third-order valence-electron chi connectivity index (χ3n) is 6.89. The molecule has 0 amide bonds. The van der Waals surface area contributed by atoms with Gasteiger partial charge in [0.15, 0.2) is 0 Å². The van der Waals surface area contributed by atoms with Crippen molar-refractivity contribution in [1.82, 2.24) is 4.98 Å². The summed E-state index contributed by atoms with van der Waals surface area (Å²) in [5, 5.41) is 3.97. The molecule has 1 aromatic heterocycles. The first kappa shape index (κ1) is 17.0. The van der Waals surface area contributed by atoms with E-state index in [0.29, 0.717) is 5.92 Å². The van der Waals surface area contributed by atoms with Crippen LogP contribution in [0.15, 0.2) is 42.0 Å². The minimum Gasteiger partial charge on any atom is -0.361 e. The minimum absolute atomic E-state index is 0.0181. The molecule has 4 heteroatoms. The average molecular weight is 371 g/mol. The molecule has 0 radical (unpaired) electrons. The third-order valence-corrected chi connectivity index (χ3v) is 7.65. The SMILES string of the molecule is C=C[C@@]1(C)[C@H](Cl)C[C@H]2[C@H](c3c[nH]c4cccc(c34)C2(C)C)[C@H]1N=C=S. The number of hydrogen-bond donors (Lipinski definition) is 1. The lowest BCUT2D eigenvalue weighted by molar-refractivity contribution is 0.108. The molecule has 5 atom stereocenters. The van der Waals surface area contributed by atoms with E-state index in [1.165, 1.54) is 22.0 Å². The number of aromatic amines is 1. The van der Waals surface area contributed by atoms with Gasteiger partial charge >= 0.3 is 0 Å². The molecule has 2 aromatic rings. The Hall–Kier alpha value is -1.41. The molecule has 0 saturated heterocycles. The van der Waals surface area contributed by atoms with Crippen LogP contribution in [0, 0.1) is 11.3 Å². The Morgan fingerprint density at radius 3 is 2.84 bits per heavy atom. The van der Waals surface area contributed by atoms with Gasteiger partial charge < -0.3 is 4.98 Å². The van der Waals surface area contributed by atoms with Crippen LogP contribution in [0.25, 0.3) is 10.9 Å². The van der Waals surface area contributed by atoms with Crippen molar-refractivity contribution >= 4 is 39.9 Å². The van der Waals surface area contributed by atoms with Crippen LogP contribution in [0.5, 0.6) is 0 Å². The number of alkyl halides is 1. The van der Waals surface area contributed by atoms with Gasteiger partial charge in [-0.3, -0.25) is 0 Å². The van der Waals surface area contributed by atoms with Gasteiger partial charge in [0, 0.05) is 33.8 Å². The van der Waals surface area contributed by atoms with Crippen LogP contribution in [0.4, 0.5) is 0 Å². The summed E-state index contributed by atoms with van der Waals surface area (Å²) in [6, 6.07) is 6.51. The topological polar surface area (TPSA) is 28.1 Å². The number of nitrogens with one attached hydrogen (secondary N) is 1. The van der Waals surface area contributed by atoms with E-state index in [1.807, 2.05) is 6.08 Å². The highest BCUT2D eigenvalue weighted by Gasteiger charge is 2.57. The number of H-pyrrole nitrogens is 1. The molecular weight excluding hydrogens is 348 g/mol. The van der Waals surface area contributed by atoms with Crippen LogP contribution >= 0.6 is 23.8 Å². The van der Waals surface area contributed by atoms with Crippen LogP contribution in [0.2, 0.25) is 0 Å². The minimum atomic E-state index is -0.305. The molecule has 4 rings (SSSR count). The highest BCUT2D eigenvalue weighted by molar-refractivity contribution is 7.78. The first-order valence-corrected chi connectivity index (χ1v) is 9.65. The van der Waals surface area contributed by atoms with E-state index < -0.39 is 0 Å². The molecular formula is C21H23ClN2S. The lowest BCUT2D eigenvalue weighted by atomic mass is 9.51. The summed E-state index contributed by atoms with van der Waals surface area (Å²) in [7, 11) is 0. The molecule has 2 aliphatic carbocycles. The fourth-order valence-corrected chi connectivity index (χ4v) is 5.81. The molecule has 1 aromatic carbocycles. The Bertz CT molecular complexity index is 908. The molecule has 0 bridgehead atoms. The van der Waals surface area contributed by atoms with E-state index in [0.717, 1.165) is 6.42 Å². The van der Waals surface area contributed by atoms with Gasteiger partial charge in [-0.1, -0.05) is 39.0 Å². The lowest BCUT2D eigenvalue weighted by Crippen LogP contribution is -2.54. The molecule has 2 nitrogen and oxygen atoms in total. The first-order chi connectivity index (χ1) is 11.9. The van der Waals surface area contributed by atoms with E-state index in [2.05, 4.69) is 66.9 Å². The average Bonchev–Trinajstić information content (AvgIpc) is 3.01. The molecule has 2 aliphatic rings. The third kappa shape index (κ3) is 2.10.